The normalized spacial score (nSPS) is 15.9. The highest BCUT2D eigenvalue weighted by molar-refractivity contribution is 14.1. The van der Waals surface area contributed by atoms with E-state index < -0.39 is 0 Å². The molecule has 5 rings (SSSR count). The summed E-state index contributed by atoms with van der Waals surface area (Å²) in [5.74, 6) is 0.791. The van der Waals surface area contributed by atoms with Gasteiger partial charge in [0.15, 0.2) is 5.78 Å². The van der Waals surface area contributed by atoms with Crippen molar-refractivity contribution in [2.75, 3.05) is 5.32 Å². The van der Waals surface area contributed by atoms with E-state index in [1.54, 1.807) is 0 Å². The number of fused-ring (bicyclic) bond motifs is 3. The maximum absolute atomic E-state index is 13.6. The number of nitrogens with one attached hydrogen (secondary N) is 1. The van der Waals surface area contributed by atoms with Crippen molar-refractivity contribution >= 4 is 45.4 Å². The zero-order chi connectivity index (χ0) is 20.0. The number of hydrogen-bond acceptors (Lipinski definition) is 3. The van der Waals surface area contributed by atoms with Gasteiger partial charge < -0.3 is 5.32 Å². The van der Waals surface area contributed by atoms with E-state index in [-0.39, 0.29) is 11.8 Å². The Bertz CT molecular complexity index is 1260. The third-order valence-electron chi connectivity index (χ3n) is 5.30. The minimum absolute atomic E-state index is 0.0302. The smallest absolute Gasteiger partial charge is 0.209 e. The van der Waals surface area contributed by atoms with Crippen molar-refractivity contribution in [3.8, 4) is 0 Å². The fraction of sp³-hybridized carbons (Fsp3) is 0.0833. The van der Waals surface area contributed by atoms with Crippen LogP contribution in [0.4, 0.5) is 5.95 Å². The second-order valence-electron chi connectivity index (χ2n) is 7.11. The topological polar surface area (TPSA) is 46.9 Å². The zero-order valence-corrected chi connectivity index (χ0v) is 17.9. The molecule has 4 nitrogen and oxygen atoms in total. The minimum Gasteiger partial charge on any atom is -0.329 e. The van der Waals surface area contributed by atoms with E-state index in [1.165, 1.54) is 0 Å². The molecule has 1 unspecified atom stereocenters. The second kappa shape index (κ2) is 7.15. The van der Waals surface area contributed by atoms with E-state index in [2.05, 4.69) is 62.8 Å². The van der Waals surface area contributed by atoms with Crippen LogP contribution in [0.25, 0.3) is 11.0 Å². The lowest BCUT2D eigenvalue weighted by molar-refractivity contribution is 0.102. The van der Waals surface area contributed by atoms with Gasteiger partial charge in [-0.3, -0.25) is 9.36 Å². The number of hydrogen-bond donors (Lipinski definition) is 1. The average molecular weight is 491 g/mol. The number of Topliss-reactive ketones (excluding diaryl/α,β-unsaturated/α-hetero) is 1. The van der Waals surface area contributed by atoms with Crippen LogP contribution >= 0.6 is 22.6 Å². The summed E-state index contributed by atoms with van der Waals surface area (Å²) in [6.45, 7) is 1.96. The number of nitrogens with zero attached hydrogens (tertiary/aromatic N) is 2. The van der Waals surface area contributed by atoms with Gasteiger partial charge in [-0.05, 0) is 59.3 Å². The molecule has 1 atom stereocenters. The maximum atomic E-state index is 13.6. The molecular weight excluding hydrogens is 473 g/mol. The SMILES string of the molecule is CC1=C(C(=O)c2ccccc2)C(c2ccc(I)cc2)n2c(nc3ccccc32)N1. The van der Waals surface area contributed by atoms with Crippen LogP contribution in [-0.4, -0.2) is 15.3 Å². The molecule has 142 valence electrons. The summed E-state index contributed by atoms with van der Waals surface area (Å²) in [5.41, 5.74) is 5.25. The van der Waals surface area contributed by atoms with Crippen molar-refractivity contribution in [1.82, 2.24) is 9.55 Å². The lowest BCUT2D eigenvalue weighted by Gasteiger charge is -2.30. The quantitative estimate of drug-likeness (QED) is 0.291. The molecule has 0 aliphatic carbocycles. The van der Waals surface area contributed by atoms with Gasteiger partial charge in [0, 0.05) is 20.4 Å². The minimum atomic E-state index is -0.247. The van der Waals surface area contributed by atoms with Gasteiger partial charge in [-0.25, -0.2) is 4.98 Å². The van der Waals surface area contributed by atoms with E-state index in [9.17, 15) is 4.79 Å². The summed E-state index contributed by atoms with van der Waals surface area (Å²) < 4.78 is 3.30. The van der Waals surface area contributed by atoms with Gasteiger partial charge in [-0.1, -0.05) is 54.6 Å². The Hall–Kier alpha value is -2.93. The van der Waals surface area contributed by atoms with Crippen LogP contribution in [0.5, 0.6) is 0 Å². The van der Waals surface area contributed by atoms with Crippen LogP contribution in [0.3, 0.4) is 0 Å². The molecule has 3 aromatic carbocycles. The molecule has 0 saturated carbocycles. The number of aromatic nitrogens is 2. The Balaban J connectivity index is 1.76. The lowest BCUT2D eigenvalue weighted by Crippen LogP contribution is -2.28. The van der Waals surface area contributed by atoms with E-state index in [0.29, 0.717) is 5.56 Å². The van der Waals surface area contributed by atoms with Crippen molar-refractivity contribution in [3.63, 3.8) is 0 Å². The van der Waals surface area contributed by atoms with Crippen LogP contribution in [-0.2, 0) is 0 Å². The van der Waals surface area contributed by atoms with Crippen LogP contribution < -0.4 is 5.32 Å². The summed E-state index contributed by atoms with van der Waals surface area (Å²) in [5, 5.41) is 3.37. The fourth-order valence-electron chi connectivity index (χ4n) is 3.96. The van der Waals surface area contributed by atoms with E-state index in [0.717, 1.165) is 37.4 Å². The standard InChI is InChI=1S/C24H18IN3O/c1-15-21(23(29)17-7-3-2-4-8-17)22(16-11-13-18(25)14-12-16)28-20-10-6-5-9-19(20)27-24(28)26-15/h2-14,22H,1H3,(H,26,27). The van der Waals surface area contributed by atoms with Gasteiger partial charge in [-0.15, -0.1) is 0 Å². The largest absolute Gasteiger partial charge is 0.329 e. The fourth-order valence-corrected chi connectivity index (χ4v) is 4.32. The average Bonchev–Trinajstić information content (AvgIpc) is 3.11. The number of anilines is 1. The molecule has 0 saturated heterocycles. The molecule has 1 aromatic heterocycles. The molecule has 5 heteroatoms. The molecule has 0 radical (unpaired) electrons. The van der Waals surface area contributed by atoms with Crippen molar-refractivity contribution in [2.24, 2.45) is 0 Å². The monoisotopic (exact) mass is 491 g/mol. The number of para-hydroxylation sites is 2. The summed E-state index contributed by atoms with van der Waals surface area (Å²) in [7, 11) is 0. The Morgan fingerprint density at radius 2 is 1.66 bits per heavy atom. The molecule has 0 amide bonds. The number of carbonyl (C=O) groups excluding carboxylic acids is 1. The van der Waals surface area contributed by atoms with Crippen LogP contribution in [0.1, 0.15) is 28.9 Å². The summed E-state index contributed by atoms with van der Waals surface area (Å²) in [4.78, 5) is 18.4. The molecular formula is C24H18IN3O. The van der Waals surface area contributed by atoms with Crippen LogP contribution in [0, 0.1) is 3.57 Å². The van der Waals surface area contributed by atoms with Crippen molar-refractivity contribution in [1.29, 1.82) is 0 Å². The Morgan fingerprint density at radius 1 is 0.966 bits per heavy atom. The molecule has 29 heavy (non-hydrogen) atoms. The highest BCUT2D eigenvalue weighted by Crippen LogP contribution is 2.40. The first-order chi connectivity index (χ1) is 14.1. The molecule has 0 bridgehead atoms. The molecule has 1 aliphatic heterocycles. The van der Waals surface area contributed by atoms with Crippen LogP contribution in [0.2, 0.25) is 0 Å². The van der Waals surface area contributed by atoms with E-state index in [4.69, 9.17) is 4.98 Å². The first-order valence-corrected chi connectivity index (χ1v) is 10.5. The highest BCUT2D eigenvalue weighted by atomic mass is 127. The zero-order valence-electron chi connectivity index (χ0n) is 15.8. The van der Waals surface area contributed by atoms with Gasteiger partial charge in [0.1, 0.15) is 0 Å². The number of rotatable bonds is 3. The Morgan fingerprint density at radius 3 is 2.41 bits per heavy atom. The third kappa shape index (κ3) is 3.06. The van der Waals surface area contributed by atoms with Crippen LogP contribution in [0.15, 0.2) is 90.1 Å². The number of imidazole rings is 1. The number of halogens is 1. The summed E-state index contributed by atoms with van der Waals surface area (Å²) in [6, 6.07) is 25.6. The van der Waals surface area contributed by atoms with Gasteiger partial charge in [0.05, 0.1) is 17.1 Å². The molecule has 0 spiro atoms. The van der Waals surface area contributed by atoms with Gasteiger partial charge in [-0.2, -0.15) is 0 Å². The summed E-state index contributed by atoms with van der Waals surface area (Å²) in [6.07, 6.45) is 0. The molecule has 2 heterocycles. The highest BCUT2D eigenvalue weighted by Gasteiger charge is 2.34. The van der Waals surface area contributed by atoms with Crippen molar-refractivity contribution in [3.05, 3.63) is 105 Å². The number of allylic oxidation sites excluding steroid dienone is 2. The van der Waals surface area contributed by atoms with E-state index in [1.807, 2.05) is 55.5 Å². The third-order valence-corrected chi connectivity index (χ3v) is 6.02. The van der Waals surface area contributed by atoms with Gasteiger partial charge in [0.2, 0.25) is 5.95 Å². The van der Waals surface area contributed by atoms with E-state index >= 15 is 0 Å². The molecule has 4 aromatic rings. The molecule has 1 N–H and O–H groups in total. The predicted octanol–water partition coefficient (Wildman–Crippen LogP) is 5.81. The molecule has 1 aliphatic rings. The Kier molecular flexibility index (Phi) is 4.47. The first kappa shape index (κ1) is 18.1. The maximum Gasteiger partial charge on any atom is 0.209 e. The number of carbonyl (C=O) groups is 1. The number of ketones is 1. The first-order valence-electron chi connectivity index (χ1n) is 9.43. The lowest BCUT2D eigenvalue weighted by atomic mass is 9.89. The van der Waals surface area contributed by atoms with Gasteiger partial charge >= 0.3 is 0 Å². The summed E-state index contributed by atoms with van der Waals surface area (Å²) >= 11 is 2.30. The van der Waals surface area contributed by atoms with Crippen molar-refractivity contribution in [2.45, 2.75) is 13.0 Å². The second-order valence-corrected chi connectivity index (χ2v) is 8.35. The van der Waals surface area contributed by atoms with Gasteiger partial charge in [0.25, 0.3) is 0 Å². The Labute approximate surface area is 182 Å². The predicted molar refractivity (Wildman–Crippen MR) is 124 cm³/mol. The molecule has 0 fully saturated rings. The van der Waals surface area contributed by atoms with Crippen molar-refractivity contribution < 1.29 is 4.79 Å². The number of benzene rings is 3.